The van der Waals surface area contributed by atoms with Gasteiger partial charge in [0.15, 0.2) is 6.61 Å². The van der Waals surface area contributed by atoms with Gasteiger partial charge in [-0.15, -0.1) is 0 Å². The Kier molecular flexibility index (Phi) is 5.37. The zero-order valence-electron chi connectivity index (χ0n) is 17.2. The number of piperazine rings is 1. The summed E-state index contributed by atoms with van der Waals surface area (Å²) in [5.74, 6) is 1.80. The molecule has 3 aliphatic rings. The van der Waals surface area contributed by atoms with Crippen molar-refractivity contribution in [3.8, 4) is 5.75 Å². The molecule has 2 aliphatic heterocycles. The van der Waals surface area contributed by atoms with Gasteiger partial charge in [-0.05, 0) is 50.3 Å². The second kappa shape index (κ2) is 8.30. The van der Waals surface area contributed by atoms with E-state index in [1.165, 1.54) is 18.4 Å². The smallest absolute Gasteiger partial charge is 0.260 e. The van der Waals surface area contributed by atoms with E-state index in [2.05, 4.69) is 0 Å². The van der Waals surface area contributed by atoms with E-state index in [0.29, 0.717) is 38.5 Å². The fourth-order valence-corrected chi connectivity index (χ4v) is 4.72. The van der Waals surface area contributed by atoms with Crippen LogP contribution in [0.5, 0.6) is 5.75 Å². The highest BCUT2D eigenvalue weighted by Gasteiger charge is 2.31. The van der Waals surface area contributed by atoms with Gasteiger partial charge in [0, 0.05) is 50.2 Å². The molecule has 1 aliphatic carbocycles. The number of ether oxygens (including phenoxy) is 2. The molecule has 1 unspecified atom stereocenters. The lowest BCUT2D eigenvalue weighted by Gasteiger charge is -2.35. The first-order valence-corrected chi connectivity index (χ1v) is 11.0. The number of fused-ring (bicyclic) bond motifs is 3. The Hall–Kier alpha value is -2.54. The number of carbonyl (C=O) groups is 2. The lowest BCUT2D eigenvalue weighted by Crippen LogP contribution is -2.53. The molecule has 0 bridgehead atoms. The Labute approximate surface area is 175 Å². The molecular formula is C23H28N2O5. The Morgan fingerprint density at radius 1 is 1.03 bits per heavy atom. The minimum Gasteiger partial charge on any atom is -0.484 e. The summed E-state index contributed by atoms with van der Waals surface area (Å²) in [6, 6.07) is 5.79. The summed E-state index contributed by atoms with van der Waals surface area (Å²) < 4.78 is 17.3. The Morgan fingerprint density at radius 2 is 1.83 bits per heavy atom. The van der Waals surface area contributed by atoms with Gasteiger partial charge in [0.1, 0.15) is 23.2 Å². The SMILES string of the molecule is O=C(COc1ccc2oc3c(c2c1)CCCC3)N1CCN(C(=O)C2CCCO2)CC1. The van der Waals surface area contributed by atoms with Crippen LogP contribution in [0, 0.1) is 0 Å². The van der Waals surface area contributed by atoms with E-state index >= 15 is 0 Å². The molecule has 2 fully saturated rings. The highest BCUT2D eigenvalue weighted by molar-refractivity contribution is 5.84. The van der Waals surface area contributed by atoms with Crippen molar-refractivity contribution in [2.75, 3.05) is 39.4 Å². The summed E-state index contributed by atoms with van der Waals surface area (Å²) in [5, 5.41) is 1.11. The molecule has 5 rings (SSSR count). The maximum absolute atomic E-state index is 12.6. The standard InChI is InChI=1S/C23H28N2O5/c26-22(24-9-11-25(12-10-24)23(27)21-6-3-13-28-21)15-29-16-7-8-20-18(14-16)17-4-1-2-5-19(17)30-20/h7-8,14,21H,1-6,9-13,15H2. The lowest BCUT2D eigenvalue weighted by atomic mass is 9.96. The van der Waals surface area contributed by atoms with Gasteiger partial charge in [0.2, 0.25) is 0 Å². The van der Waals surface area contributed by atoms with Crippen molar-refractivity contribution in [3.63, 3.8) is 0 Å². The number of hydrogen-bond donors (Lipinski definition) is 0. The average molecular weight is 412 g/mol. The summed E-state index contributed by atoms with van der Waals surface area (Å²) in [4.78, 5) is 28.6. The Balaban J connectivity index is 1.15. The molecule has 0 radical (unpaired) electrons. The summed E-state index contributed by atoms with van der Waals surface area (Å²) in [5.41, 5.74) is 2.19. The third kappa shape index (κ3) is 3.78. The molecule has 0 N–H and O–H groups in total. The zero-order valence-corrected chi connectivity index (χ0v) is 17.2. The van der Waals surface area contributed by atoms with Crippen molar-refractivity contribution in [1.82, 2.24) is 9.80 Å². The number of amides is 2. The van der Waals surface area contributed by atoms with Gasteiger partial charge in [-0.2, -0.15) is 0 Å². The number of benzene rings is 1. The van der Waals surface area contributed by atoms with E-state index in [4.69, 9.17) is 13.9 Å². The van der Waals surface area contributed by atoms with Crippen molar-refractivity contribution in [1.29, 1.82) is 0 Å². The van der Waals surface area contributed by atoms with Gasteiger partial charge in [0.05, 0.1) is 0 Å². The number of nitrogens with zero attached hydrogens (tertiary/aromatic N) is 2. The third-order valence-corrected chi connectivity index (χ3v) is 6.44. The molecule has 0 spiro atoms. The predicted octanol–water partition coefficient (Wildman–Crippen LogP) is 2.54. The molecule has 7 nitrogen and oxygen atoms in total. The highest BCUT2D eigenvalue weighted by Crippen LogP contribution is 2.34. The molecule has 2 aromatic rings. The number of aryl methyl sites for hydroxylation is 2. The van der Waals surface area contributed by atoms with Crippen molar-refractivity contribution >= 4 is 22.8 Å². The van der Waals surface area contributed by atoms with Gasteiger partial charge in [-0.3, -0.25) is 9.59 Å². The van der Waals surface area contributed by atoms with E-state index in [-0.39, 0.29) is 24.5 Å². The van der Waals surface area contributed by atoms with Crippen LogP contribution in [-0.2, 0) is 27.2 Å². The van der Waals surface area contributed by atoms with Crippen molar-refractivity contribution < 1.29 is 23.5 Å². The van der Waals surface area contributed by atoms with E-state index in [0.717, 1.165) is 42.4 Å². The number of furan rings is 1. The minimum atomic E-state index is -0.292. The molecule has 1 aromatic heterocycles. The molecule has 30 heavy (non-hydrogen) atoms. The summed E-state index contributed by atoms with van der Waals surface area (Å²) >= 11 is 0. The minimum absolute atomic E-state index is 0.00519. The van der Waals surface area contributed by atoms with Gasteiger partial charge in [-0.25, -0.2) is 0 Å². The zero-order chi connectivity index (χ0) is 20.5. The van der Waals surface area contributed by atoms with Crippen LogP contribution in [0.25, 0.3) is 11.0 Å². The maximum Gasteiger partial charge on any atom is 0.260 e. The summed E-state index contributed by atoms with van der Waals surface area (Å²) in [7, 11) is 0. The van der Waals surface area contributed by atoms with Crippen molar-refractivity contribution in [2.24, 2.45) is 0 Å². The van der Waals surface area contributed by atoms with Crippen LogP contribution in [0.1, 0.15) is 37.0 Å². The van der Waals surface area contributed by atoms with E-state index in [1.54, 1.807) is 4.90 Å². The molecule has 2 saturated heterocycles. The number of rotatable bonds is 4. The van der Waals surface area contributed by atoms with Crippen LogP contribution in [-0.4, -0.2) is 67.1 Å². The first kappa shape index (κ1) is 19.4. The van der Waals surface area contributed by atoms with Crippen molar-refractivity contribution in [3.05, 3.63) is 29.5 Å². The molecule has 1 aromatic carbocycles. The quantitative estimate of drug-likeness (QED) is 0.772. The maximum atomic E-state index is 12.6. The monoisotopic (exact) mass is 412 g/mol. The molecule has 0 saturated carbocycles. The fourth-order valence-electron chi connectivity index (χ4n) is 4.72. The van der Waals surface area contributed by atoms with Crippen molar-refractivity contribution in [2.45, 2.75) is 44.6 Å². The van der Waals surface area contributed by atoms with E-state index in [9.17, 15) is 9.59 Å². The fraction of sp³-hybridized carbons (Fsp3) is 0.565. The van der Waals surface area contributed by atoms with Gasteiger partial charge in [0.25, 0.3) is 11.8 Å². The van der Waals surface area contributed by atoms with Crippen LogP contribution < -0.4 is 4.74 Å². The molecule has 2 amide bonds. The number of carbonyl (C=O) groups excluding carboxylic acids is 2. The Morgan fingerprint density at radius 3 is 2.63 bits per heavy atom. The molecule has 3 heterocycles. The van der Waals surface area contributed by atoms with Crippen LogP contribution in [0.15, 0.2) is 22.6 Å². The van der Waals surface area contributed by atoms with Crippen LogP contribution in [0.3, 0.4) is 0 Å². The second-order valence-electron chi connectivity index (χ2n) is 8.37. The van der Waals surface area contributed by atoms with Crippen LogP contribution in [0.2, 0.25) is 0 Å². The summed E-state index contributed by atoms with van der Waals surface area (Å²) in [6.07, 6.45) is 5.86. The van der Waals surface area contributed by atoms with E-state index in [1.807, 2.05) is 23.1 Å². The largest absolute Gasteiger partial charge is 0.484 e. The third-order valence-electron chi connectivity index (χ3n) is 6.44. The van der Waals surface area contributed by atoms with Crippen LogP contribution in [0.4, 0.5) is 0 Å². The van der Waals surface area contributed by atoms with Gasteiger partial charge >= 0.3 is 0 Å². The average Bonchev–Trinajstić information content (AvgIpc) is 3.45. The summed E-state index contributed by atoms with van der Waals surface area (Å²) in [6.45, 7) is 2.85. The second-order valence-corrected chi connectivity index (χ2v) is 8.37. The number of hydrogen-bond acceptors (Lipinski definition) is 5. The first-order valence-electron chi connectivity index (χ1n) is 11.0. The van der Waals surface area contributed by atoms with Crippen LogP contribution >= 0.6 is 0 Å². The highest BCUT2D eigenvalue weighted by atomic mass is 16.5. The molecular weight excluding hydrogens is 384 g/mol. The van der Waals surface area contributed by atoms with Gasteiger partial charge in [-0.1, -0.05) is 0 Å². The normalized spacial score (nSPS) is 21.7. The Bertz CT molecular complexity index is 938. The topological polar surface area (TPSA) is 72.2 Å². The lowest BCUT2D eigenvalue weighted by molar-refractivity contribution is -0.146. The van der Waals surface area contributed by atoms with E-state index < -0.39 is 0 Å². The molecule has 160 valence electrons. The predicted molar refractivity (Wildman–Crippen MR) is 110 cm³/mol. The van der Waals surface area contributed by atoms with Gasteiger partial charge < -0.3 is 23.7 Å². The molecule has 7 heteroatoms. The molecule has 1 atom stereocenters. The first-order chi connectivity index (χ1) is 14.7.